The summed E-state index contributed by atoms with van der Waals surface area (Å²) in [5, 5.41) is 9.23. The summed E-state index contributed by atoms with van der Waals surface area (Å²) in [6.07, 6.45) is -0.0590. The van der Waals surface area contributed by atoms with Gasteiger partial charge < -0.3 is 9.47 Å². The van der Waals surface area contributed by atoms with Crippen LogP contribution in [0.4, 0.5) is 0 Å². The molecule has 0 atom stereocenters. The largest absolute Gasteiger partial charge is 0.462 e. The van der Waals surface area contributed by atoms with Crippen molar-refractivity contribution in [3.8, 4) is 6.07 Å². The number of esters is 2. The molecule has 1 aromatic heterocycles. The Bertz CT molecular complexity index is 778. The van der Waals surface area contributed by atoms with E-state index >= 15 is 0 Å². The molecule has 0 amide bonds. The van der Waals surface area contributed by atoms with Gasteiger partial charge in [0.15, 0.2) is 0 Å². The van der Waals surface area contributed by atoms with Crippen molar-refractivity contribution in [1.29, 1.82) is 5.26 Å². The summed E-state index contributed by atoms with van der Waals surface area (Å²) in [5.41, 5.74) is -0.822. The molecular formula is C20H27NO5S. The number of Topliss-reactive ketones (excluding diaryl/α,β-unsaturated/α-hetero) is 1. The average molecular weight is 394 g/mol. The minimum absolute atomic E-state index is 0.0248. The molecule has 0 aliphatic heterocycles. The molecule has 148 valence electrons. The van der Waals surface area contributed by atoms with Gasteiger partial charge in [-0.05, 0) is 54.0 Å². The summed E-state index contributed by atoms with van der Waals surface area (Å²) in [6.45, 7) is 12.2. The number of carbonyl (C=O) groups excluding carboxylic acids is 3. The van der Waals surface area contributed by atoms with Crippen LogP contribution in [0.3, 0.4) is 0 Å². The molecule has 0 aliphatic carbocycles. The number of nitriles is 1. The van der Waals surface area contributed by atoms with Crippen LogP contribution in [0.25, 0.3) is 0 Å². The van der Waals surface area contributed by atoms with Gasteiger partial charge in [-0.3, -0.25) is 9.59 Å². The van der Waals surface area contributed by atoms with Crippen molar-refractivity contribution >= 4 is 29.1 Å². The van der Waals surface area contributed by atoms with Crippen LogP contribution in [0.2, 0.25) is 0 Å². The molecule has 0 radical (unpaired) electrons. The second-order valence-electron chi connectivity index (χ2n) is 7.96. The number of thiophene rings is 1. The van der Waals surface area contributed by atoms with Crippen LogP contribution in [0.1, 0.15) is 73.6 Å². The third-order valence-corrected chi connectivity index (χ3v) is 4.95. The lowest BCUT2D eigenvalue weighted by molar-refractivity contribution is -0.167. The first-order valence-corrected chi connectivity index (χ1v) is 9.58. The van der Waals surface area contributed by atoms with Gasteiger partial charge in [0, 0.05) is 17.7 Å². The molecule has 0 spiro atoms. The van der Waals surface area contributed by atoms with E-state index in [1.54, 1.807) is 48.5 Å². The molecule has 0 N–H and O–H groups in total. The maximum absolute atomic E-state index is 12.6. The number of nitrogens with zero attached hydrogens (tertiary/aromatic N) is 1. The molecule has 0 saturated carbocycles. The number of hydrogen-bond donors (Lipinski definition) is 0. The highest BCUT2D eigenvalue weighted by Gasteiger charge is 2.35. The number of carbonyl (C=O) groups is 3. The summed E-state index contributed by atoms with van der Waals surface area (Å²) in [4.78, 5) is 38.1. The first-order valence-electron chi connectivity index (χ1n) is 8.77. The van der Waals surface area contributed by atoms with Gasteiger partial charge in [-0.15, -0.1) is 11.3 Å². The van der Waals surface area contributed by atoms with Crippen molar-refractivity contribution in [2.45, 2.75) is 66.9 Å². The molecule has 0 bridgehead atoms. The molecule has 0 aromatic carbocycles. The highest BCUT2D eigenvalue weighted by Crippen LogP contribution is 2.31. The maximum atomic E-state index is 12.6. The highest BCUT2D eigenvalue weighted by atomic mass is 32.1. The zero-order valence-electron chi connectivity index (χ0n) is 17.0. The summed E-state index contributed by atoms with van der Waals surface area (Å²) in [6, 6.07) is 2.04. The Morgan fingerprint density at radius 2 is 1.74 bits per heavy atom. The zero-order chi connectivity index (χ0) is 21.0. The van der Waals surface area contributed by atoms with Gasteiger partial charge in [0.2, 0.25) is 0 Å². The highest BCUT2D eigenvalue weighted by molar-refractivity contribution is 7.13. The average Bonchev–Trinajstić information content (AvgIpc) is 2.80. The van der Waals surface area contributed by atoms with Gasteiger partial charge in [-0.2, -0.15) is 5.26 Å². The molecule has 1 heterocycles. The van der Waals surface area contributed by atoms with Gasteiger partial charge >= 0.3 is 11.9 Å². The Kier molecular flexibility index (Phi) is 7.32. The standard InChI is InChI=1S/C20H27NO5S/c1-8-25-17(23)16-12(2)15(11-21)27-14(16)9-13(22)10-20(6,7)18(24)26-19(3,4)5/h8-10H2,1-7H3. The molecular weight excluding hydrogens is 366 g/mol. The summed E-state index contributed by atoms with van der Waals surface area (Å²) < 4.78 is 10.4. The fourth-order valence-corrected chi connectivity index (χ4v) is 3.62. The van der Waals surface area contributed by atoms with E-state index in [2.05, 4.69) is 0 Å². The van der Waals surface area contributed by atoms with Crippen molar-refractivity contribution in [3.63, 3.8) is 0 Å². The Morgan fingerprint density at radius 3 is 2.22 bits per heavy atom. The Balaban J connectivity index is 3.02. The molecule has 6 nitrogen and oxygen atoms in total. The second kappa shape index (κ2) is 8.66. The SMILES string of the molecule is CCOC(=O)c1c(CC(=O)CC(C)(C)C(=O)OC(C)(C)C)sc(C#N)c1C. The molecule has 27 heavy (non-hydrogen) atoms. The molecule has 0 fully saturated rings. The van der Waals surface area contributed by atoms with Crippen molar-refractivity contribution < 1.29 is 23.9 Å². The molecule has 7 heteroatoms. The molecule has 0 aliphatic rings. The van der Waals surface area contributed by atoms with Crippen molar-refractivity contribution in [2.24, 2.45) is 5.41 Å². The summed E-state index contributed by atoms with van der Waals surface area (Å²) in [7, 11) is 0. The van der Waals surface area contributed by atoms with Crippen LogP contribution in [0.5, 0.6) is 0 Å². The van der Waals surface area contributed by atoms with Crippen LogP contribution in [0, 0.1) is 23.7 Å². The van der Waals surface area contributed by atoms with Crippen molar-refractivity contribution in [3.05, 3.63) is 20.9 Å². The Hall–Kier alpha value is -2.20. The third kappa shape index (κ3) is 6.17. The van der Waals surface area contributed by atoms with E-state index in [4.69, 9.17) is 9.47 Å². The molecule has 1 rings (SSSR count). The second-order valence-corrected chi connectivity index (χ2v) is 9.07. The van der Waals surface area contributed by atoms with Gasteiger partial charge in [-0.25, -0.2) is 4.79 Å². The van der Waals surface area contributed by atoms with Gasteiger partial charge in [-0.1, -0.05) is 0 Å². The molecule has 1 aromatic rings. The number of ketones is 1. The lowest BCUT2D eigenvalue weighted by Gasteiger charge is -2.28. The van der Waals surface area contributed by atoms with Gasteiger partial charge in [0.05, 0.1) is 17.6 Å². The smallest absolute Gasteiger partial charge is 0.339 e. The number of rotatable bonds is 7. The van der Waals surface area contributed by atoms with Crippen LogP contribution in [-0.2, 0) is 25.5 Å². The van der Waals surface area contributed by atoms with E-state index in [9.17, 15) is 19.6 Å². The minimum atomic E-state index is -0.987. The van der Waals surface area contributed by atoms with Crippen molar-refractivity contribution in [2.75, 3.05) is 6.61 Å². The number of hydrogen-bond acceptors (Lipinski definition) is 7. The normalized spacial score (nSPS) is 11.6. The van der Waals surface area contributed by atoms with Gasteiger partial charge in [0.25, 0.3) is 0 Å². The van der Waals surface area contributed by atoms with Crippen LogP contribution < -0.4 is 0 Å². The Labute approximate surface area is 164 Å². The topological polar surface area (TPSA) is 93.5 Å². The number of ether oxygens (including phenoxy) is 2. The molecule has 0 unspecified atom stereocenters. The third-order valence-electron chi connectivity index (χ3n) is 3.75. The first-order chi connectivity index (χ1) is 12.3. The minimum Gasteiger partial charge on any atom is -0.462 e. The van der Waals surface area contributed by atoms with Crippen LogP contribution in [0.15, 0.2) is 0 Å². The lowest BCUT2D eigenvalue weighted by atomic mass is 9.86. The quantitative estimate of drug-likeness (QED) is 0.651. The predicted octanol–water partition coefficient (Wildman–Crippen LogP) is 3.97. The van der Waals surface area contributed by atoms with E-state index in [1.165, 1.54) is 0 Å². The summed E-state index contributed by atoms with van der Waals surface area (Å²) >= 11 is 1.11. The van der Waals surface area contributed by atoms with E-state index in [0.717, 1.165) is 11.3 Å². The fourth-order valence-electron chi connectivity index (χ4n) is 2.50. The van der Waals surface area contributed by atoms with Crippen LogP contribution >= 0.6 is 11.3 Å². The van der Waals surface area contributed by atoms with E-state index in [-0.39, 0.29) is 30.8 Å². The maximum Gasteiger partial charge on any atom is 0.339 e. The first kappa shape index (κ1) is 22.8. The van der Waals surface area contributed by atoms with E-state index in [0.29, 0.717) is 15.3 Å². The monoisotopic (exact) mass is 393 g/mol. The van der Waals surface area contributed by atoms with Gasteiger partial charge in [0.1, 0.15) is 22.3 Å². The predicted molar refractivity (Wildman–Crippen MR) is 103 cm³/mol. The van der Waals surface area contributed by atoms with Crippen LogP contribution in [-0.4, -0.2) is 29.9 Å². The molecule has 0 saturated heterocycles. The fraction of sp³-hybridized carbons (Fsp3) is 0.600. The van der Waals surface area contributed by atoms with E-state index in [1.807, 2.05) is 6.07 Å². The van der Waals surface area contributed by atoms with Crippen molar-refractivity contribution in [1.82, 2.24) is 0 Å². The lowest BCUT2D eigenvalue weighted by Crippen LogP contribution is -2.35. The summed E-state index contributed by atoms with van der Waals surface area (Å²) in [5.74, 6) is -1.20. The zero-order valence-corrected chi connectivity index (χ0v) is 17.8. The Morgan fingerprint density at radius 1 is 1.15 bits per heavy atom. The van der Waals surface area contributed by atoms with E-state index < -0.39 is 23.0 Å².